The number of rotatable bonds is 7. The molecule has 4 unspecified atom stereocenters. The summed E-state index contributed by atoms with van der Waals surface area (Å²) in [5.41, 5.74) is 2.86. The van der Waals surface area contributed by atoms with Crippen molar-refractivity contribution in [2.45, 2.75) is 63.3 Å². The monoisotopic (exact) mass is 292 g/mol. The lowest BCUT2D eigenvalue weighted by Gasteiger charge is -2.37. The predicted molar refractivity (Wildman–Crippen MR) is 77.4 cm³/mol. The number of sulfone groups is 1. The van der Waals surface area contributed by atoms with Gasteiger partial charge in [-0.1, -0.05) is 13.3 Å². The maximum Gasteiger partial charge on any atom is 0.150 e. The number of nitrogens with two attached hydrogens (primary N) is 1. The van der Waals surface area contributed by atoms with Crippen molar-refractivity contribution in [1.82, 2.24) is 5.43 Å². The van der Waals surface area contributed by atoms with Gasteiger partial charge in [-0.25, -0.2) is 8.42 Å². The predicted octanol–water partition coefficient (Wildman–Crippen LogP) is 1.24. The average Bonchev–Trinajstić information content (AvgIpc) is 2.38. The fraction of sp³-hybridized carbons (Fsp3) is 1.00. The van der Waals surface area contributed by atoms with Crippen LogP contribution in [0.1, 0.15) is 46.0 Å². The van der Waals surface area contributed by atoms with Crippen molar-refractivity contribution in [3.63, 3.8) is 0 Å². The fourth-order valence-corrected chi connectivity index (χ4v) is 4.32. The summed E-state index contributed by atoms with van der Waals surface area (Å²) in [6.07, 6.45) is 5.70. The summed E-state index contributed by atoms with van der Waals surface area (Å²) in [4.78, 5) is 0. The van der Waals surface area contributed by atoms with Gasteiger partial charge < -0.3 is 4.74 Å². The second kappa shape index (κ2) is 7.57. The van der Waals surface area contributed by atoms with E-state index in [-0.39, 0.29) is 23.3 Å². The molecule has 1 aliphatic rings. The lowest BCUT2D eigenvalue weighted by atomic mass is 9.81. The van der Waals surface area contributed by atoms with Crippen LogP contribution in [-0.4, -0.2) is 38.7 Å². The molecular formula is C13H28N2O3S. The van der Waals surface area contributed by atoms with E-state index < -0.39 is 9.84 Å². The van der Waals surface area contributed by atoms with E-state index in [4.69, 9.17) is 10.6 Å². The third-order valence-corrected chi connectivity index (χ3v) is 5.80. The van der Waals surface area contributed by atoms with Crippen LogP contribution in [0.4, 0.5) is 0 Å². The Morgan fingerprint density at radius 3 is 2.53 bits per heavy atom. The molecule has 6 heteroatoms. The van der Waals surface area contributed by atoms with Crippen LogP contribution in [-0.2, 0) is 14.6 Å². The molecule has 0 radical (unpaired) electrons. The maximum absolute atomic E-state index is 11.7. The van der Waals surface area contributed by atoms with Gasteiger partial charge in [0.2, 0.25) is 0 Å². The normalized spacial score (nSPS) is 28.0. The smallest absolute Gasteiger partial charge is 0.150 e. The minimum atomic E-state index is -2.95. The minimum absolute atomic E-state index is 0.0366. The molecule has 0 spiro atoms. The van der Waals surface area contributed by atoms with Crippen molar-refractivity contribution in [2.75, 3.05) is 12.9 Å². The summed E-state index contributed by atoms with van der Waals surface area (Å²) in [6, 6.07) is 0.0366. The van der Waals surface area contributed by atoms with Crippen molar-refractivity contribution in [2.24, 2.45) is 11.8 Å². The summed E-state index contributed by atoms with van der Waals surface area (Å²) >= 11 is 0. The summed E-state index contributed by atoms with van der Waals surface area (Å²) in [5.74, 6) is 5.96. The molecule has 114 valence electrons. The zero-order valence-corrected chi connectivity index (χ0v) is 13.1. The van der Waals surface area contributed by atoms with Gasteiger partial charge in [-0.3, -0.25) is 11.3 Å². The Morgan fingerprint density at radius 2 is 2.05 bits per heavy atom. The first-order chi connectivity index (χ1) is 8.93. The topological polar surface area (TPSA) is 81.4 Å². The minimum Gasteiger partial charge on any atom is -0.377 e. The summed E-state index contributed by atoms with van der Waals surface area (Å²) < 4.78 is 29.2. The van der Waals surface area contributed by atoms with E-state index in [1.165, 1.54) is 6.26 Å². The van der Waals surface area contributed by atoms with Crippen molar-refractivity contribution in [3.8, 4) is 0 Å². The zero-order chi connectivity index (χ0) is 14.5. The van der Waals surface area contributed by atoms with Crippen LogP contribution in [0, 0.1) is 5.92 Å². The highest BCUT2D eigenvalue weighted by molar-refractivity contribution is 7.91. The van der Waals surface area contributed by atoms with Gasteiger partial charge in [0.1, 0.15) is 9.84 Å². The lowest BCUT2D eigenvalue weighted by Crippen LogP contribution is -2.51. The van der Waals surface area contributed by atoms with Crippen LogP contribution in [0.5, 0.6) is 0 Å². The Morgan fingerprint density at radius 1 is 1.37 bits per heavy atom. The van der Waals surface area contributed by atoms with Crippen LogP contribution in [0.25, 0.3) is 0 Å². The van der Waals surface area contributed by atoms with Crippen molar-refractivity contribution >= 4 is 9.84 Å². The van der Waals surface area contributed by atoms with Gasteiger partial charge in [-0.2, -0.15) is 0 Å². The Hall–Kier alpha value is -0.170. The van der Waals surface area contributed by atoms with Crippen molar-refractivity contribution in [3.05, 3.63) is 0 Å². The van der Waals surface area contributed by atoms with E-state index in [1.807, 2.05) is 6.92 Å². The van der Waals surface area contributed by atoms with Gasteiger partial charge in [0.15, 0.2) is 0 Å². The highest BCUT2D eigenvalue weighted by Crippen LogP contribution is 2.32. The Balaban J connectivity index is 2.75. The van der Waals surface area contributed by atoms with Gasteiger partial charge in [0.05, 0.1) is 17.4 Å². The first kappa shape index (κ1) is 16.9. The number of ether oxygens (including phenoxy) is 1. The third-order valence-electron chi connectivity index (χ3n) is 4.16. The zero-order valence-electron chi connectivity index (χ0n) is 12.3. The van der Waals surface area contributed by atoms with Crippen molar-refractivity contribution < 1.29 is 13.2 Å². The van der Waals surface area contributed by atoms with E-state index in [1.54, 1.807) is 0 Å². The number of hydrogen-bond donors (Lipinski definition) is 2. The van der Waals surface area contributed by atoms with Crippen LogP contribution >= 0.6 is 0 Å². The molecule has 19 heavy (non-hydrogen) atoms. The first-order valence-corrected chi connectivity index (χ1v) is 9.16. The quantitative estimate of drug-likeness (QED) is 0.545. The number of nitrogens with one attached hydrogen (secondary N) is 1. The molecular weight excluding hydrogens is 264 g/mol. The second-order valence-corrected chi connectivity index (χ2v) is 7.80. The summed E-state index contributed by atoms with van der Waals surface area (Å²) in [5, 5.41) is -0.221. The van der Waals surface area contributed by atoms with E-state index in [9.17, 15) is 8.42 Å². The Bertz CT molecular complexity index is 359. The number of hydrazine groups is 1. The van der Waals surface area contributed by atoms with Gasteiger partial charge >= 0.3 is 0 Å². The molecule has 0 aromatic rings. The molecule has 4 atom stereocenters. The second-order valence-electron chi connectivity index (χ2n) is 5.47. The molecule has 0 heterocycles. The van der Waals surface area contributed by atoms with E-state index in [2.05, 4.69) is 12.3 Å². The van der Waals surface area contributed by atoms with Crippen LogP contribution in [0.2, 0.25) is 0 Å². The molecule has 1 rings (SSSR count). The molecule has 1 saturated carbocycles. The fourth-order valence-electron chi connectivity index (χ4n) is 3.13. The van der Waals surface area contributed by atoms with Crippen LogP contribution < -0.4 is 11.3 Å². The molecule has 0 aromatic carbocycles. The summed E-state index contributed by atoms with van der Waals surface area (Å²) in [6.45, 7) is 4.69. The molecule has 0 aromatic heterocycles. The maximum atomic E-state index is 11.7. The molecule has 0 bridgehead atoms. The molecule has 0 amide bonds. The average molecular weight is 292 g/mol. The highest BCUT2D eigenvalue weighted by Gasteiger charge is 2.35. The lowest BCUT2D eigenvalue weighted by molar-refractivity contribution is 0.00949. The van der Waals surface area contributed by atoms with E-state index >= 15 is 0 Å². The number of hydrogen-bond acceptors (Lipinski definition) is 5. The Labute approximate surface area is 117 Å². The van der Waals surface area contributed by atoms with Crippen molar-refractivity contribution in [1.29, 1.82) is 0 Å². The van der Waals surface area contributed by atoms with E-state index in [0.29, 0.717) is 13.0 Å². The van der Waals surface area contributed by atoms with Crippen LogP contribution in [0.15, 0.2) is 0 Å². The standard InChI is InChI=1S/C13H28N2O3S/c1-4-12(18-5-2)13(15-14)10-7-6-8-11(9-10)19(3,16)17/h10-13,15H,4-9,14H2,1-3H3. The van der Waals surface area contributed by atoms with Gasteiger partial charge in [0.25, 0.3) is 0 Å². The molecule has 5 nitrogen and oxygen atoms in total. The van der Waals surface area contributed by atoms with Crippen LogP contribution in [0.3, 0.4) is 0 Å². The van der Waals surface area contributed by atoms with Gasteiger partial charge in [-0.15, -0.1) is 0 Å². The summed E-state index contributed by atoms with van der Waals surface area (Å²) in [7, 11) is -2.95. The molecule has 1 fully saturated rings. The molecule has 0 aliphatic heterocycles. The van der Waals surface area contributed by atoms with Gasteiger partial charge in [0, 0.05) is 12.9 Å². The SMILES string of the molecule is CCOC(CC)C(NN)C1CCCC(S(C)(=O)=O)C1. The molecule has 1 aliphatic carbocycles. The van der Waals surface area contributed by atoms with E-state index in [0.717, 1.165) is 25.7 Å². The Kier molecular flexibility index (Phi) is 6.73. The van der Waals surface area contributed by atoms with Gasteiger partial charge in [-0.05, 0) is 38.5 Å². The molecule has 0 saturated heterocycles. The molecule has 3 N–H and O–H groups in total. The third kappa shape index (κ3) is 4.70. The highest BCUT2D eigenvalue weighted by atomic mass is 32.2. The largest absolute Gasteiger partial charge is 0.377 e. The first-order valence-electron chi connectivity index (χ1n) is 7.20.